The molecular formula is C27H26ClN3O. The molecule has 32 heavy (non-hydrogen) atoms. The minimum Gasteiger partial charge on any atom is -0.378 e. The van der Waals surface area contributed by atoms with E-state index >= 15 is 0 Å². The Bertz CT molecular complexity index is 1180. The largest absolute Gasteiger partial charge is 0.378 e. The van der Waals surface area contributed by atoms with E-state index in [1.165, 1.54) is 0 Å². The van der Waals surface area contributed by atoms with Gasteiger partial charge in [0.2, 0.25) is 0 Å². The van der Waals surface area contributed by atoms with Crippen molar-refractivity contribution in [3.63, 3.8) is 0 Å². The second-order valence-corrected chi connectivity index (χ2v) is 9.14. The van der Waals surface area contributed by atoms with Crippen molar-refractivity contribution in [2.75, 3.05) is 29.6 Å². The van der Waals surface area contributed by atoms with Gasteiger partial charge in [-0.2, -0.15) is 0 Å². The van der Waals surface area contributed by atoms with Crippen LogP contribution in [0.15, 0.2) is 84.1 Å². The van der Waals surface area contributed by atoms with Crippen molar-refractivity contribution in [1.29, 1.82) is 0 Å². The highest BCUT2D eigenvalue weighted by Gasteiger charge is 2.36. The van der Waals surface area contributed by atoms with E-state index in [2.05, 4.69) is 51.9 Å². The number of halogens is 1. The average molecular weight is 444 g/mol. The van der Waals surface area contributed by atoms with Gasteiger partial charge in [0.1, 0.15) is 0 Å². The van der Waals surface area contributed by atoms with Crippen molar-refractivity contribution in [2.45, 2.75) is 24.8 Å². The maximum atomic E-state index is 13.6. The van der Waals surface area contributed by atoms with Gasteiger partial charge in [-0.15, -0.1) is 0 Å². The zero-order valence-corrected chi connectivity index (χ0v) is 19.0. The van der Waals surface area contributed by atoms with Crippen LogP contribution in [0.25, 0.3) is 0 Å². The Balaban J connectivity index is 1.58. The summed E-state index contributed by atoms with van der Waals surface area (Å²) in [6.45, 7) is 0. The molecule has 2 aliphatic rings. The molecule has 0 aromatic heterocycles. The molecule has 1 aliphatic carbocycles. The second kappa shape index (κ2) is 8.36. The number of anilines is 3. The minimum atomic E-state index is -0.198. The van der Waals surface area contributed by atoms with Gasteiger partial charge in [-0.1, -0.05) is 48.0 Å². The molecule has 0 saturated carbocycles. The van der Waals surface area contributed by atoms with E-state index in [1.54, 1.807) is 0 Å². The zero-order chi connectivity index (χ0) is 22.2. The lowest BCUT2D eigenvalue weighted by Gasteiger charge is -2.30. The Hall–Kier alpha value is -3.24. The van der Waals surface area contributed by atoms with Crippen LogP contribution in [0.2, 0.25) is 5.02 Å². The van der Waals surface area contributed by atoms with Gasteiger partial charge in [-0.3, -0.25) is 4.79 Å². The summed E-state index contributed by atoms with van der Waals surface area (Å²) in [6, 6.07) is 24.3. The van der Waals surface area contributed by atoms with Gasteiger partial charge in [-0.05, 0) is 59.9 Å². The predicted octanol–water partition coefficient (Wildman–Crippen LogP) is 6.39. The summed E-state index contributed by atoms with van der Waals surface area (Å²) in [4.78, 5) is 15.6. The van der Waals surface area contributed by atoms with Crippen LogP contribution in [0.4, 0.5) is 17.1 Å². The third-order valence-corrected chi connectivity index (χ3v) is 6.65. The Morgan fingerprint density at radius 1 is 0.844 bits per heavy atom. The molecule has 0 saturated heterocycles. The van der Waals surface area contributed by atoms with Crippen LogP contribution in [0.5, 0.6) is 0 Å². The van der Waals surface area contributed by atoms with Gasteiger partial charge in [0, 0.05) is 42.5 Å². The molecule has 2 N–H and O–H groups in total. The van der Waals surface area contributed by atoms with Gasteiger partial charge in [0.05, 0.1) is 17.4 Å². The highest BCUT2D eigenvalue weighted by Crippen LogP contribution is 2.44. The number of ketones is 1. The van der Waals surface area contributed by atoms with Gasteiger partial charge in [0.15, 0.2) is 5.78 Å². The molecule has 0 unspecified atom stereocenters. The van der Waals surface area contributed by atoms with E-state index in [4.69, 9.17) is 11.6 Å². The van der Waals surface area contributed by atoms with Crippen molar-refractivity contribution in [1.82, 2.24) is 0 Å². The van der Waals surface area contributed by atoms with E-state index in [0.29, 0.717) is 11.4 Å². The fourth-order valence-corrected chi connectivity index (χ4v) is 4.80. The number of hydrogen-bond donors (Lipinski definition) is 2. The molecule has 0 spiro atoms. The Labute approximate surface area is 193 Å². The van der Waals surface area contributed by atoms with Crippen molar-refractivity contribution < 1.29 is 4.79 Å². The number of benzene rings is 3. The summed E-state index contributed by atoms with van der Waals surface area (Å²) >= 11 is 6.09. The number of Topliss-reactive ketones (excluding diaryl/α,β-unsaturated/α-hetero) is 1. The number of carbonyl (C=O) groups excluding carboxylic acids is 1. The maximum Gasteiger partial charge on any atom is 0.163 e. The molecule has 1 heterocycles. The van der Waals surface area contributed by atoms with Crippen LogP contribution in [-0.2, 0) is 4.79 Å². The number of para-hydroxylation sites is 2. The van der Waals surface area contributed by atoms with Crippen LogP contribution < -0.4 is 15.5 Å². The predicted molar refractivity (Wildman–Crippen MR) is 133 cm³/mol. The highest BCUT2D eigenvalue weighted by molar-refractivity contribution is 6.30. The first-order valence-electron chi connectivity index (χ1n) is 10.9. The maximum absolute atomic E-state index is 13.6. The molecule has 2 atom stereocenters. The normalized spacial score (nSPS) is 19.9. The molecule has 3 aromatic rings. The summed E-state index contributed by atoms with van der Waals surface area (Å²) < 4.78 is 0. The van der Waals surface area contributed by atoms with Gasteiger partial charge < -0.3 is 15.5 Å². The Morgan fingerprint density at radius 3 is 2.19 bits per heavy atom. The molecule has 0 bridgehead atoms. The zero-order valence-electron chi connectivity index (χ0n) is 18.2. The molecule has 0 fully saturated rings. The number of hydrogen-bond acceptors (Lipinski definition) is 4. The molecule has 4 nitrogen and oxygen atoms in total. The van der Waals surface area contributed by atoms with Gasteiger partial charge in [-0.25, -0.2) is 0 Å². The molecule has 162 valence electrons. The molecule has 0 amide bonds. The number of rotatable bonds is 3. The van der Waals surface area contributed by atoms with Gasteiger partial charge in [0.25, 0.3) is 0 Å². The van der Waals surface area contributed by atoms with E-state index < -0.39 is 0 Å². The Kier molecular flexibility index (Phi) is 5.40. The first-order chi connectivity index (χ1) is 15.5. The Morgan fingerprint density at radius 2 is 1.50 bits per heavy atom. The summed E-state index contributed by atoms with van der Waals surface area (Å²) in [7, 11) is 4.06. The number of carbonyl (C=O) groups is 1. The summed E-state index contributed by atoms with van der Waals surface area (Å²) in [5.41, 5.74) is 7.20. The molecule has 0 radical (unpaired) electrons. The summed E-state index contributed by atoms with van der Waals surface area (Å²) in [5.74, 6) is 0.314. The third kappa shape index (κ3) is 3.87. The smallest absolute Gasteiger partial charge is 0.163 e. The number of allylic oxidation sites excluding steroid dienone is 1. The number of nitrogens with zero attached hydrogens (tertiary/aromatic N) is 1. The monoisotopic (exact) mass is 443 g/mol. The molecule has 3 aromatic carbocycles. The fraction of sp³-hybridized carbons (Fsp3) is 0.222. The standard InChI is InChI=1S/C27H26ClN3O/c1-31(2)21-13-9-18(10-14-21)27-26-24(29-22-5-3-4-6-23(22)30-27)15-19(16-25(26)32)17-7-11-20(28)12-8-17/h3-14,19,27,29-30H,15-16H2,1-2H3/t19-,27-/m0/s1. The third-order valence-electron chi connectivity index (χ3n) is 6.39. The van der Waals surface area contributed by atoms with Gasteiger partial charge >= 0.3 is 0 Å². The number of fused-ring (bicyclic) bond motifs is 1. The van der Waals surface area contributed by atoms with E-state index in [-0.39, 0.29) is 17.7 Å². The fourth-order valence-electron chi connectivity index (χ4n) is 4.68. The van der Waals surface area contributed by atoms with Crippen molar-refractivity contribution in [3.8, 4) is 0 Å². The number of nitrogens with one attached hydrogen (secondary N) is 2. The highest BCUT2D eigenvalue weighted by atomic mass is 35.5. The average Bonchev–Trinajstić information content (AvgIpc) is 2.96. The minimum absolute atomic E-state index is 0.132. The summed E-state index contributed by atoms with van der Waals surface area (Å²) in [6.07, 6.45) is 1.28. The first-order valence-corrected chi connectivity index (χ1v) is 11.3. The van der Waals surface area contributed by atoms with Crippen molar-refractivity contribution >= 4 is 34.4 Å². The summed E-state index contributed by atoms with van der Waals surface area (Å²) in [5, 5.41) is 7.95. The van der Waals surface area contributed by atoms with Crippen LogP contribution in [0, 0.1) is 0 Å². The first kappa shape index (κ1) is 20.7. The molecular weight excluding hydrogens is 418 g/mol. The van der Waals surface area contributed by atoms with Crippen LogP contribution >= 0.6 is 11.6 Å². The topological polar surface area (TPSA) is 44.4 Å². The molecule has 1 aliphatic heterocycles. The SMILES string of the molecule is CN(C)c1ccc([C@@H]2Nc3ccccc3NC3=C2C(=O)C[C@@H](c2ccc(Cl)cc2)C3)cc1. The van der Waals surface area contributed by atoms with E-state index in [0.717, 1.165) is 45.9 Å². The van der Waals surface area contributed by atoms with Crippen LogP contribution in [-0.4, -0.2) is 19.9 Å². The lowest BCUT2D eigenvalue weighted by molar-refractivity contribution is -0.116. The van der Waals surface area contributed by atoms with E-state index in [1.807, 2.05) is 50.5 Å². The quantitative estimate of drug-likeness (QED) is 0.492. The lowest BCUT2D eigenvalue weighted by atomic mass is 9.78. The van der Waals surface area contributed by atoms with Crippen molar-refractivity contribution in [2.24, 2.45) is 0 Å². The van der Waals surface area contributed by atoms with E-state index in [9.17, 15) is 4.79 Å². The van der Waals surface area contributed by atoms with Crippen LogP contribution in [0.3, 0.4) is 0 Å². The van der Waals surface area contributed by atoms with Crippen molar-refractivity contribution in [3.05, 3.63) is 100 Å². The van der Waals surface area contributed by atoms with Crippen LogP contribution in [0.1, 0.15) is 35.9 Å². The molecule has 5 heteroatoms. The second-order valence-electron chi connectivity index (χ2n) is 8.71. The lowest BCUT2D eigenvalue weighted by Crippen LogP contribution is -2.26. The molecule has 5 rings (SSSR count).